The second-order valence-corrected chi connectivity index (χ2v) is 6.91. The molecular weight excluding hydrogens is 386 g/mol. The van der Waals surface area contributed by atoms with E-state index in [9.17, 15) is 34.5 Å². The highest BCUT2D eigenvalue weighted by Crippen LogP contribution is 2.03. The fourth-order valence-electron chi connectivity index (χ4n) is 2.29. The van der Waals surface area contributed by atoms with Crippen LogP contribution in [0.5, 0.6) is 0 Å². The molecule has 0 aromatic heterocycles. The Kier molecular flexibility index (Phi) is 12.0. The molecule has 0 aliphatic heterocycles. The van der Waals surface area contributed by atoms with Crippen LogP contribution in [-0.2, 0) is 19.2 Å². The Morgan fingerprint density at radius 1 is 0.862 bits per heavy atom. The summed E-state index contributed by atoms with van der Waals surface area (Å²) < 4.78 is 0. The van der Waals surface area contributed by atoms with Crippen molar-refractivity contribution in [3.63, 3.8) is 0 Å². The van der Waals surface area contributed by atoms with E-state index in [0.717, 1.165) is 0 Å². The first kappa shape index (κ1) is 26.7. The zero-order valence-corrected chi connectivity index (χ0v) is 16.9. The summed E-state index contributed by atoms with van der Waals surface area (Å²) in [6.07, 6.45) is -1.26. The van der Waals surface area contributed by atoms with Crippen LogP contribution >= 0.6 is 0 Å². The summed E-state index contributed by atoms with van der Waals surface area (Å²) in [7, 11) is 0. The van der Waals surface area contributed by atoms with Crippen molar-refractivity contribution in [1.29, 1.82) is 0 Å². The minimum absolute atomic E-state index is 0.141. The summed E-state index contributed by atoms with van der Waals surface area (Å²) in [6.45, 7) is 4.28. The molecule has 0 radical (unpaired) electrons. The number of nitrogens with one attached hydrogen (secondary N) is 3. The van der Waals surface area contributed by atoms with Gasteiger partial charge in [-0.2, -0.15) is 0 Å². The molecule has 29 heavy (non-hydrogen) atoms. The third-order valence-electron chi connectivity index (χ3n) is 4.20. The van der Waals surface area contributed by atoms with Crippen molar-refractivity contribution in [3.05, 3.63) is 0 Å². The van der Waals surface area contributed by atoms with Crippen LogP contribution in [0.25, 0.3) is 0 Å². The number of carbonyl (C=O) groups excluding carboxylic acids is 3. The maximum atomic E-state index is 12.4. The number of aliphatic hydroxyl groups is 2. The standard InChI is InChI=1S/C17H33N5O7/c1-8(20-15(26)12(19)9(2)23)14(25)22-13(10(3)24)16(27)21-11(17(28)29)6-4-5-7-18/h8-13,23-24H,4-7,18-19H2,1-3H3,(H,20,26)(H,21,27)(H,22,25)(H,28,29). The van der Waals surface area contributed by atoms with E-state index >= 15 is 0 Å². The molecule has 3 amide bonds. The quantitative estimate of drug-likeness (QED) is 0.140. The van der Waals surface area contributed by atoms with Gasteiger partial charge < -0.3 is 42.7 Å². The van der Waals surface area contributed by atoms with Crippen LogP contribution in [-0.4, -0.2) is 81.9 Å². The van der Waals surface area contributed by atoms with Gasteiger partial charge in [0.2, 0.25) is 17.7 Å². The third kappa shape index (κ3) is 9.65. The smallest absolute Gasteiger partial charge is 0.326 e. The Hall–Kier alpha value is -2.28. The highest BCUT2D eigenvalue weighted by atomic mass is 16.4. The Morgan fingerprint density at radius 2 is 1.45 bits per heavy atom. The van der Waals surface area contributed by atoms with Gasteiger partial charge in [0.15, 0.2) is 0 Å². The molecule has 0 fully saturated rings. The monoisotopic (exact) mass is 419 g/mol. The van der Waals surface area contributed by atoms with Crippen LogP contribution in [0, 0.1) is 0 Å². The summed E-state index contributed by atoms with van der Waals surface area (Å²) in [5, 5.41) is 35.2. The summed E-state index contributed by atoms with van der Waals surface area (Å²) in [5.41, 5.74) is 10.8. The predicted molar refractivity (Wildman–Crippen MR) is 103 cm³/mol. The molecule has 12 nitrogen and oxygen atoms in total. The number of carboxylic acids is 1. The molecule has 6 unspecified atom stereocenters. The number of nitrogens with two attached hydrogens (primary N) is 2. The first-order chi connectivity index (χ1) is 13.4. The number of carboxylic acid groups (broad SMARTS) is 1. The second-order valence-electron chi connectivity index (χ2n) is 6.91. The zero-order chi connectivity index (χ0) is 22.7. The molecule has 0 rings (SSSR count). The molecule has 12 heteroatoms. The van der Waals surface area contributed by atoms with Gasteiger partial charge in [0.25, 0.3) is 0 Å². The highest BCUT2D eigenvalue weighted by Gasteiger charge is 2.31. The van der Waals surface area contributed by atoms with Crippen molar-refractivity contribution in [2.24, 2.45) is 11.5 Å². The maximum Gasteiger partial charge on any atom is 0.326 e. The Morgan fingerprint density at radius 3 is 1.90 bits per heavy atom. The predicted octanol–water partition coefficient (Wildman–Crippen LogP) is -3.24. The first-order valence-corrected chi connectivity index (χ1v) is 9.38. The molecule has 0 aromatic rings. The topological polar surface area (TPSA) is 217 Å². The molecule has 0 bridgehead atoms. The third-order valence-corrected chi connectivity index (χ3v) is 4.20. The van der Waals surface area contributed by atoms with Crippen molar-refractivity contribution in [2.45, 2.75) is 76.4 Å². The Bertz CT molecular complexity index is 570. The number of hydrogen-bond donors (Lipinski definition) is 8. The lowest BCUT2D eigenvalue weighted by Crippen LogP contribution is -2.59. The van der Waals surface area contributed by atoms with Gasteiger partial charge in [0, 0.05) is 0 Å². The number of rotatable bonds is 13. The molecule has 168 valence electrons. The maximum absolute atomic E-state index is 12.4. The molecule has 0 aliphatic carbocycles. The van der Waals surface area contributed by atoms with Gasteiger partial charge in [0.05, 0.1) is 12.2 Å². The first-order valence-electron chi connectivity index (χ1n) is 9.38. The number of aliphatic carboxylic acids is 1. The van der Waals surface area contributed by atoms with E-state index in [2.05, 4.69) is 16.0 Å². The van der Waals surface area contributed by atoms with Gasteiger partial charge in [-0.3, -0.25) is 14.4 Å². The minimum atomic E-state index is -1.44. The lowest BCUT2D eigenvalue weighted by atomic mass is 10.1. The van der Waals surface area contributed by atoms with E-state index in [-0.39, 0.29) is 6.42 Å². The van der Waals surface area contributed by atoms with Gasteiger partial charge in [-0.25, -0.2) is 4.79 Å². The average molecular weight is 419 g/mol. The molecule has 0 saturated carbocycles. The van der Waals surface area contributed by atoms with E-state index in [1.807, 2.05) is 0 Å². The number of hydrogen-bond acceptors (Lipinski definition) is 8. The van der Waals surface area contributed by atoms with E-state index < -0.39 is 60.1 Å². The van der Waals surface area contributed by atoms with E-state index in [0.29, 0.717) is 19.4 Å². The number of unbranched alkanes of at least 4 members (excludes halogenated alkanes) is 1. The van der Waals surface area contributed by atoms with Crippen molar-refractivity contribution in [1.82, 2.24) is 16.0 Å². The normalized spacial score (nSPS) is 17.2. The molecule has 0 saturated heterocycles. The van der Waals surface area contributed by atoms with E-state index in [4.69, 9.17) is 11.5 Å². The van der Waals surface area contributed by atoms with Crippen molar-refractivity contribution in [2.75, 3.05) is 6.54 Å². The van der Waals surface area contributed by atoms with Crippen molar-refractivity contribution in [3.8, 4) is 0 Å². The molecule has 6 atom stereocenters. The van der Waals surface area contributed by atoms with Crippen LogP contribution in [0.1, 0.15) is 40.0 Å². The fourth-order valence-corrected chi connectivity index (χ4v) is 2.29. The number of amides is 3. The minimum Gasteiger partial charge on any atom is -0.480 e. The average Bonchev–Trinajstić information content (AvgIpc) is 2.63. The molecule has 0 aromatic carbocycles. The van der Waals surface area contributed by atoms with Crippen LogP contribution in [0.3, 0.4) is 0 Å². The summed E-state index contributed by atoms with van der Waals surface area (Å²) in [6, 6.07) is -5.01. The van der Waals surface area contributed by atoms with Crippen LogP contribution < -0.4 is 27.4 Å². The zero-order valence-electron chi connectivity index (χ0n) is 16.9. The molecular formula is C17H33N5O7. The lowest BCUT2D eigenvalue weighted by molar-refractivity contribution is -0.143. The summed E-state index contributed by atoms with van der Waals surface area (Å²) >= 11 is 0. The number of carbonyl (C=O) groups is 4. The van der Waals surface area contributed by atoms with Crippen LogP contribution in [0.2, 0.25) is 0 Å². The van der Waals surface area contributed by atoms with Gasteiger partial charge in [-0.1, -0.05) is 0 Å². The van der Waals surface area contributed by atoms with E-state index in [1.54, 1.807) is 0 Å². The van der Waals surface area contributed by atoms with Gasteiger partial charge in [-0.15, -0.1) is 0 Å². The van der Waals surface area contributed by atoms with Gasteiger partial charge >= 0.3 is 5.97 Å². The second kappa shape index (κ2) is 13.0. The van der Waals surface area contributed by atoms with Gasteiger partial charge in [-0.05, 0) is 46.6 Å². The summed E-state index contributed by atoms with van der Waals surface area (Å²) in [4.78, 5) is 47.8. The van der Waals surface area contributed by atoms with E-state index in [1.165, 1.54) is 20.8 Å². The molecule has 0 heterocycles. The molecule has 10 N–H and O–H groups in total. The van der Waals surface area contributed by atoms with Crippen molar-refractivity contribution >= 4 is 23.7 Å². The Balaban J connectivity index is 4.98. The number of aliphatic hydroxyl groups excluding tert-OH is 2. The fraction of sp³-hybridized carbons (Fsp3) is 0.765. The Labute approximate surface area is 169 Å². The van der Waals surface area contributed by atoms with Crippen LogP contribution in [0.4, 0.5) is 0 Å². The largest absolute Gasteiger partial charge is 0.480 e. The van der Waals surface area contributed by atoms with Crippen molar-refractivity contribution < 1.29 is 34.5 Å². The van der Waals surface area contributed by atoms with Gasteiger partial charge in [0.1, 0.15) is 24.2 Å². The SMILES string of the molecule is CC(NC(=O)C(N)C(C)O)C(=O)NC(C(=O)NC(CCCCN)C(=O)O)C(C)O. The molecule has 0 spiro atoms. The highest BCUT2D eigenvalue weighted by molar-refractivity contribution is 5.94. The van der Waals surface area contributed by atoms with Crippen LogP contribution in [0.15, 0.2) is 0 Å². The summed E-state index contributed by atoms with van der Waals surface area (Å²) in [5.74, 6) is -3.70. The molecule has 0 aliphatic rings. The lowest BCUT2D eigenvalue weighted by Gasteiger charge is -2.25.